The van der Waals surface area contributed by atoms with Crippen molar-refractivity contribution >= 4 is 23.8 Å². The molecule has 4 rings (SSSR count). The Morgan fingerprint density at radius 1 is 1.16 bits per heavy atom. The van der Waals surface area contributed by atoms with E-state index in [1.165, 1.54) is 6.07 Å². The maximum Gasteiger partial charge on any atom is 0.344 e. The van der Waals surface area contributed by atoms with Crippen LogP contribution in [0.25, 0.3) is 0 Å². The zero-order valence-corrected chi connectivity index (χ0v) is 18.1. The number of imide groups is 1. The van der Waals surface area contributed by atoms with Crippen LogP contribution in [0.4, 0.5) is 9.18 Å². The minimum absolute atomic E-state index is 0.269. The minimum Gasteiger partial charge on any atom is -0.455 e. The lowest BCUT2D eigenvalue weighted by molar-refractivity contribution is -0.155. The molecule has 1 heterocycles. The first-order chi connectivity index (χ1) is 15.3. The third-order valence-electron chi connectivity index (χ3n) is 7.10. The van der Waals surface area contributed by atoms with Crippen LogP contribution in [0.15, 0.2) is 24.3 Å². The molecule has 8 nitrogen and oxygen atoms in total. The van der Waals surface area contributed by atoms with Gasteiger partial charge < -0.3 is 10.1 Å². The molecule has 2 aliphatic carbocycles. The number of hydrazine groups is 1. The van der Waals surface area contributed by atoms with Gasteiger partial charge in [-0.2, -0.15) is 5.01 Å². The fourth-order valence-electron chi connectivity index (χ4n) is 5.15. The van der Waals surface area contributed by atoms with Gasteiger partial charge in [-0.3, -0.25) is 19.8 Å². The lowest BCUT2D eigenvalue weighted by atomic mass is 9.77. The fourth-order valence-corrected chi connectivity index (χ4v) is 5.15. The van der Waals surface area contributed by atoms with Crippen LogP contribution in [-0.2, 0) is 24.5 Å². The van der Waals surface area contributed by atoms with Crippen LogP contribution in [0.5, 0.6) is 0 Å². The van der Waals surface area contributed by atoms with Gasteiger partial charge in [-0.25, -0.2) is 9.18 Å². The van der Waals surface area contributed by atoms with Crippen molar-refractivity contribution in [3.8, 4) is 0 Å². The van der Waals surface area contributed by atoms with E-state index < -0.39 is 47.2 Å². The summed E-state index contributed by atoms with van der Waals surface area (Å²) in [4.78, 5) is 50.5. The smallest absolute Gasteiger partial charge is 0.344 e. The van der Waals surface area contributed by atoms with E-state index in [0.29, 0.717) is 36.6 Å². The standard InChI is InChI=1S/C23H28FN3O5/c1-15-8-12-23(13-9-15)19(29)27(21(31)25-23)26-18(28)14-32-20(30)22(10-4-5-11-22)16-6-2-3-7-17(16)24/h2-3,6-7,15H,4-5,8-14H2,1H3,(H,25,31)(H,26,28). The number of hydrogen-bond donors (Lipinski definition) is 2. The normalized spacial score (nSPS) is 26.8. The van der Waals surface area contributed by atoms with E-state index in [0.717, 1.165) is 25.7 Å². The molecule has 2 saturated carbocycles. The quantitative estimate of drug-likeness (QED) is 0.536. The molecule has 1 spiro atoms. The van der Waals surface area contributed by atoms with Crippen molar-refractivity contribution in [3.63, 3.8) is 0 Å². The third-order valence-corrected chi connectivity index (χ3v) is 7.10. The number of nitrogens with one attached hydrogen (secondary N) is 2. The maximum absolute atomic E-state index is 14.4. The van der Waals surface area contributed by atoms with Crippen molar-refractivity contribution in [3.05, 3.63) is 35.6 Å². The zero-order chi connectivity index (χ0) is 22.9. The SMILES string of the molecule is CC1CCC2(CC1)NC(=O)N(NC(=O)COC(=O)C1(c3ccccc3F)CCCC1)C2=O. The van der Waals surface area contributed by atoms with Crippen molar-refractivity contribution in [2.45, 2.75) is 69.2 Å². The number of urea groups is 1. The van der Waals surface area contributed by atoms with E-state index >= 15 is 0 Å². The second-order valence-electron chi connectivity index (χ2n) is 9.22. The highest BCUT2D eigenvalue weighted by molar-refractivity contribution is 6.08. The number of benzene rings is 1. The van der Waals surface area contributed by atoms with Crippen LogP contribution < -0.4 is 10.7 Å². The molecule has 3 aliphatic rings. The molecule has 0 unspecified atom stereocenters. The van der Waals surface area contributed by atoms with E-state index in [1.54, 1.807) is 18.2 Å². The van der Waals surface area contributed by atoms with E-state index in [2.05, 4.69) is 17.7 Å². The Morgan fingerprint density at radius 2 is 1.81 bits per heavy atom. The monoisotopic (exact) mass is 445 g/mol. The highest BCUT2D eigenvalue weighted by Crippen LogP contribution is 2.43. The molecule has 1 aromatic rings. The summed E-state index contributed by atoms with van der Waals surface area (Å²) in [5.41, 5.74) is 0.412. The average molecular weight is 445 g/mol. The van der Waals surface area contributed by atoms with E-state index in [4.69, 9.17) is 4.74 Å². The molecule has 3 fully saturated rings. The summed E-state index contributed by atoms with van der Waals surface area (Å²) in [7, 11) is 0. The number of rotatable bonds is 5. The maximum atomic E-state index is 14.4. The number of halogens is 1. The lowest BCUT2D eigenvalue weighted by Crippen LogP contribution is -2.52. The van der Waals surface area contributed by atoms with Crippen LogP contribution in [0, 0.1) is 11.7 Å². The summed E-state index contributed by atoms with van der Waals surface area (Å²) in [5, 5.41) is 3.39. The second-order valence-corrected chi connectivity index (χ2v) is 9.22. The van der Waals surface area contributed by atoms with Gasteiger partial charge in [-0.1, -0.05) is 38.0 Å². The number of hydrogen-bond acceptors (Lipinski definition) is 5. The number of carbonyl (C=O) groups excluding carboxylic acids is 4. The molecule has 0 radical (unpaired) electrons. The second kappa shape index (κ2) is 8.52. The van der Waals surface area contributed by atoms with E-state index in [1.807, 2.05) is 0 Å². The van der Waals surface area contributed by atoms with Gasteiger partial charge in [0.2, 0.25) is 0 Å². The summed E-state index contributed by atoms with van der Waals surface area (Å²) in [6, 6.07) is 5.40. The summed E-state index contributed by atoms with van der Waals surface area (Å²) in [6.45, 7) is 1.43. The van der Waals surface area contributed by atoms with Crippen LogP contribution in [0.1, 0.15) is 63.9 Å². The molecule has 32 heavy (non-hydrogen) atoms. The summed E-state index contributed by atoms with van der Waals surface area (Å²) < 4.78 is 19.7. The number of esters is 1. The highest BCUT2D eigenvalue weighted by atomic mass is 19.1. The Labute approximate surface area is 185 Å². The van der Waals surface area contributed by atoms with E-state index in [9.17, 15) is 23.6 Å². The van der Waals surface area contributed by atoms with E-state index in [-0.39, 0.29) is 5.56 Å². The summed E-state index contributed by atoms with van der Waals surface area (Å²) in [6.07, 6.45) is 5.02. The molecular weight excluding hydrogens is 417 g/mol. The molecule has 0 bridgehead atoms. The Hall–Kier alpha value is -2.97. The minimum atomic E-state index is -1.13. The number of carbonyl (C=O) groups is 4. The number of ether oxygens (including phenoxy) is 1. The Kier molecular flexibility index (Phi) is 5.92. The fraction of sp³-hybridized carbons (Fsp3) is 0.565. The molecule has 1 aromatic carbocycles. The molecule has 2 N–H and O–H groups in total. The summed E-state index contributed by atoms with van der Waals surface area (Å²) >= 11 is 0. The van der Waals surface area contributed by atoms with Gasteiger partial charge in [0.05, 0.1) is 5.41 Å². The van der Waals surface area contributed by atoms with Gasteiger partial charge in [-0.15, -0.1) is 0 Å². The molecule has 1 aliphatic heterocycles. The first kappa shape index (κ1) is 22.2. The van der Waals surface area contributed by atoms with Crippen molar-refractivity contribution in [1.29, 1.82) is 0 Å². The largest absolute Gasteiger partial charge is 0.455 e. The van der Waals surface area contributed by atoms with Gasteiger partial charge >= 0.3 is 12.0 Å². The molecule has 172 valence electrons. The first-order valence-corrected chi connectivity index (χ1v) is 11.2. The van der Waals surface area contributed by atoms with Gasteiger partial charge in [-0.05, 0) is 50.5 Å². The van der Waals surface area contributed by atoms with Gasteiger partial charge in [0.1, 0.15) is 11.4 Å². The Morgan fingerprint density at radius 3 is 2.47 bits per heavy atom. The topological polar surface area (TPSA) is 105 Å². The number of nitrogens with zero attached hydrogens (tertiary/aromatic N) is 1. The third kappa shape index (κ3) is 3.84. The highest BCUT2D eigenvalue weighted by Gasteiger charge is 2.53. The predicted octanol–water partition coefficient (Wildman–Crippen LogP) is 2.71. The zero-order valence-electron chi connectivity index (χ0n) is 18.1. The molecule has 0 atom stereocenters. The van der Waals surface area contributed by atoms with Gasteiger partial charge in [0.15, 0.2) is 6.61 Å². The lowest BCUT2D eigenvalue weighted by Gasteiger charge is -2.33. The molecule has 4 amide bonds. The first-order valence-electron chi connectivity index (χ1n) is 11.2. The van der Waals surface area contributed by atoms with Gasteiger partial charge in [0.25, 0.3) is 11.8 Å². The van der Waals surface area contributed by atoms with Crippen molar-refractivity contribution in [2.24, 2.45) is 5.92 Å². The van der Waals surface area contributed by atoms with Crippen molar-refractivity contribution in [2.75, 3.05) is 6.61 Å². The van der Waals surface area contributed by atoms with Crippen LogP contribution >= 0.6 is 0 Å². The van der Waals surface area contributed by atoms with Crippen molar-refractivity contribution < 1.29 is 28.3 Å². The average Bonchev–Trinajstić information content (AvgIpc) is 3.35. The predicted molar refractivity (Wildman–Crippen MR) is 111 cm³/mol. The summed E-state index contributed by atoms with van der Waals surface area (Å²) in [5.74, 6) is -1.98. The van der Waals surface area contributed by atoms with Crippen LogP contribution in [0.3, 0.4) is 0 Å². The van der Waals surface area contributed by atoms with Crippen LogP contribution in [0.2, 0.25) is 0 Å². The Bertz CT molecular complexity index is 935. The Balaban J connectivity index is 1.38. The van der Waals surface area contributed by atoms with Gasteiger partial charge in [0, 0.05) is 5.56 Å². The van der Waals surface area contributed by atoms with Crippen LogP contribution in [-0.4, -0.2) is 41.0 Å². The molecule has 1 saturated heterocycles. The van der Waals surface area contributed by atoms with Crippen molar-refractivity contribution in [1.82, 2.24) is 15.8 Å². The molecule has 9 heteroatoms. The number of amides is 4. The molecule has 0 aromatic heterocycles. The molecular formula is C23H28FN3O5.